The number of urea groups is 1. The molecule has 2 amide bonds. The quantitative estimate of drug-likeness (QED) is 0.736. The van der Waals surface area contributed by atoms with E-state index in [1.54, 1.807) is 0 Å². The lowest BCUT2D eigenvalue weighted by molar-refractivity contribution is 0.244. The molecule has 0 unspecified atom stereocenters. The summed E-state index contributed by atoms with van der Waals surface area (Å²) in [6.07, 6.45) is 0. The lowest BCUT2D eigenvalue weighted by Crippen LogP contribution is -2.43. The molecule has 2 N–H and O–H groups in total. The Morgan fingerprint density at radius 1 is 1.04 bits per heavy atom. The summed E-state index contributed by atoms with van der Waals surface area (Å²) in [5.41, 5.74) is 2.89. The van der Waals surface area contributed by atoms with Crippen molar-refractivity contribution >= 4 is 22.8 Å². The predicted octanol–water partition coefficient (Wildman–Crippen LogP) is 4.41. The first-order valence-electron chi connectivity index (χ1n) is 7.46. The van der Waals surface area contributed by atoms with Crippen molar-refractivity contribution in [3.63, 3.8) is 0 Å². The van der Waals surface area contributed by atoms with Crippen LogP contribution >= 0.6 is 0 Å². The molecule has 0 atom stereocenters. The largest absolute Gasteiger partial charge is 0.436 e. The van der Waals surface area contributed by atoms with Crippen LogP contribution in [0.5, 0.6) is 0 Å². The third-order valence-corrected chi connectivity index (χ3v) is 3.17. The van der Waals surface area contributed by atoms with E-state index < -0.39 is 0 Å². The third kappa shape index (κ3) is 3.69. The van der Waals surface area contributed by atoms with Crippen LogP contribution in [0.2, 0.25) is 0 Å². The fourth-order valence-corrected chi connectivity index (χ4v) is 2.19. The molecular weight excluding hydrogens is 290 g/mol. The normalized spacial score (nSPS) is 11.4. The Labute approximate surface area is 134 Å². The van der Waals surface area contributed by atoms with E-state index in [1.807, 2.05) is 69.3 Å². The molecule has 0 saturated carbocycles. The van der Waals surface area contributed by atoms with Crippen molar-refractivity contribution in [1.29, 1.82) is 0 Å². The Bertz CT molecular complexity index is 796. The Morgan fingerprint density at radius 3 is 2.39 bits per heavy atom. The first kappa shape index (κ1) is 15.1. The van der Waals surface area contributed by atoms with E-state index in [-0.39, 0.29) is 11.6 Å². The number of nitrogens with zero attached hydrogens (tertiary/aromatic N) is 1. The van der Waals surface area contributed by atoms with E-state index in [2.05, 4.69) is 15.6 Å². The molecule has 0 fully saturated rings. The highest BCUT2D eigenvalue weighted by Gasteiger charge is 2.13. The Balaban J connectivity index is 1.75. The van der Waals surface area contributed by atoms with Gasteiger partial charge in [0.1, 0.15) is 5.52 Å². The number of carbonyl (C=O) groups is 1. The fraction of sp³-hybridized carbons (Fsp3) is 0.222. The molecule has 3 aromatic rings. The van der Waals surface area contributed by atoms with E-state index in [0.717, 1.165) is 16.7 Å². The second-order valence-electron chi connectivity index (χ2n) is 6.39. The standard InChI is InChI=1S/C18H19N3O2/c1-18(2,3)21-17(22)19-13-10-8-12(9-11-13)16-20-14-6-4-5-7-15(14)23-16/h4-11H,1-3H3,(H2,19,21,22). The second kappa shape index (κ2) is 5.76. The van der Waals surface area contributed by atoms with Crippen molar-refractivity contribution in [3.8, 4) is 11.5 Å². The van der Waals surface area contributed by atoms with Gasteiger partial charge in [0.05, 0.1) is 0 Å². The smallest absolute Gasteiger partial charge is 0.319 e. The van der Waals surface area contributed by atoms with Gasteiger partial charge in [-0.15, -0.1) is 0 Å². The summed E-state index contributed by atoms with van der Waals surface area (Å²) in [7, 11) is 0. The van der Waals surface area contributed by atoms with E-state index in [0.29, 0.717) is 11.6 Å². The highest BCUT2D eigenvalue weighted by molar-refractivity contribution is 5.90. The van der Waals surface area contributed by atoms with Crippen LogP contribution in [0, 0.1) is 0 Å². The van der Waals surface area contributed by atoms with Gasteiger partial charge in [0.25, 0.3) is 0 Å². The number of hydrogen-bond donors (Lipinski definition) is 2. The minimum absolute atomic E-state index is 0.230. The van der Waals surface area contributed by atoms with Gasteiger partial charge in [-0.3, -0.25) is 0 Å². The molecule has 5 nitrogen and oxygen atoms in total. The molecule has 0 radical (unpaired) electrons. The van der Waals surface area contributed by atoms with Gasteiger partial charge in [0, 0.05) is 16.8 Å². The molecule has 1 heterocycles. The van der Waals surface area contributed by atoms with Gasteiger partial charge < -0.3 is 15.1 Å². The number of benzene rings is 2. The first-order chi connectivity index (χ1) is 10.9. The number of carbonyl (C=O) groups excluding carboxylic acids is 1. The highest BCUT2D eigenvalue weighted by Crippen LogP contribution is 2.25. The highest BCUT2D eigenvalue weighted by atomic mass is 16.3. The van der Waals surface area contributed by atoms with Gasteiger partial charge in [0.15, 0.2) is 5.58 Å². The van der Waals surface area contributed by atoms with Crippen LogP contribution in [0.15, 0.2) is 52.9 Å². The van der Waals surface area contributed by atoms with E-state index in [9.17, 15) is 4.79 Å². The number of hydrogen-bond acceptors (Lipinski definition) is 3. The maximum atomic E-state index is 11.8. The van der Waals surface area contributed by atoms with Gasteiger partial charge in [-0.2, -0.15) is 0 Å². The maximum Gasteiger partial charge on any atom is 0.319 e. The zero-order valence-corrected chi connectivity index (χ0v) is 13.4. The van der Waals surface area contributed by atoms with Gasteiger partial charge >= 0.3 is 6.03 Å². The van der Waals surface area contributed by atoms with Crippen molar-refractivity contribution in [2.24, 2.45) is 0 Å². The van der Waals surface area contributed by atoms with Crippen LogP contribution in [0.3, 0.4) is 0 Å². The van der Waals surface area contributed by atoms with Crippen LogP contribution in [0.1, 0.15) is 20.8 Å². The Kier molecular flexibility index (Phi) is 3.78. The van der Waals surface area contributed by atoms with Crippen LogP contribution < -0.4 is 10.6 Å². The number of oxazole rings is 1. The number of amides is 2. The van der Waals surface area contributed by atoms with Crippen molar-refractivity contribution in [2.45, 2.75) is 26.3 Å². The summed E-state index contributed by atoms with van der Waals surface area (Å²) in [4.78, 5) is 16.3. The summed E-state index contributed by atoms with van der Waals surface area (Å²) in [6.45, 7) is 5.80. The minimum Gasteiger partial charge on any atom is -0.436 e. The molecule has 2 aromatic carbocycles. The fourth-order valence-electron chi connectivity index (χ4n) is 2.19. The molecule has 3 rings (SSSR count). The average Bonchev–Trinajstić information content (AvgIpc) is 2.89. The summed E-state index contributed by atoms with van der Waals surface area (Å²) < 4.78 is 5.73. The molecule has 118 valence electrons. The zero-order chi connectivity index (χ0) is 16.4. The van der Waals surface area contributed by atoms with Crippen molar-refractivity contribution in [2.75, 3.05) is 5.32 Å². The SMILES string of the molecule is CC(C)(C)NC(=O)Nc1ccc(-c2nc3ccccc3o2)cc1. The number of aromatic nitrogens is 1. The average molecular weight is 309 g/mol. The molecule has 0 aliphatic heterocycles. The molecule has 1 aromatic heterocycles. The van der Waals surface area contributed by atoms with Gasteiger partial charge in [-0.25, -0.2) is 9.78 Å². The summed E-state index contributed by atoms with van der Waals surface area (Å²) >= 11 is 0. The zero-order valence-electron chi connectivity index (χ0n) is 13.4. The lowest BCUT2D eigenvalue weighted by atomic mass is 10.1. The molecule has 0 aliphatic rings. The summed E-state index contributed by atoms with van der Waals surface area (Å²) in [5.74, 6) is 0.567. The van der Waals surface area contributed by atoms with Crippen molar-refractivity contribution < 1.29 is 9.21 Å². The van der Waals surface area contributed by atoms with Crippen LogP contribution in [0.25, 0.3) is 22.6 Å². The molecule has 0 spiro atoms. The molecule has 0 saturated heterocycles. The maximum absolute atomic E-state index is 11.8. The third-order valence-electron chi connectivity index (χ3n) is 3.17. The molecule has 0 bridgehead atoms. The number of fused-ring (bicyclic) bond motifs is 1. The van der Waals surface area contributed by atoms with Gasteiger partial charge in [-0.05, 0) is 57.2 Å². The number of anilines is 1. The van der Waals surface area contributed by atoms with Crippen molar-refractivity contribution in [3.05, 3.63) is 48.5 Å². The van der Waals surface area contributed by atoms with E-state index >= 15 is 0 Å². The number of para-hydroxylation sites is 2. The molecule has 5 heteroatoms. The van der Waals surface area contributed by atoms with Gasteiger partial charge in [-0.1, -0.05) is 12.1 Å². The second-order valence-corrected chi connectivity index (χ2v) is 6.39. The predicted molar refractivity (Wildman–Crippen MR) is 91.4 cm³/mol. The Hall–Kier alpha value is -2.82. The number of rotatable bonds is 2. The monoisotopic (exact) mass is 309 g/mol. The molecule has 23 heavy (non-hydrogen) atoms. The van der Waals surface area contributed by atoms with E-state index in [1.165, 1.54) is 0 Å². The topological polar surface area (TPSA) is 67.2 Å². The van der Waals surface area contributed by atoms with E-state index in [4.69, 9.17) is 4.42 Å². The van der Waals surface area contributed by atoms with Crippen LogP contribution in [-0.4, -0.2) is 16.6 Å². The summed E-state index contributed by atoms with van der Waals surface area (Å²) in [5, 5.41) is 5.65. The van der Waals surface area contributed by atoms with Gasteiger partial charge in [0.2, 0.25) is 5.89 Å². The Morgan fingerprint density at radius 2 is 1.74 bits per heavy atom. The lowest BCUT2D eigenvalue weighted by Gasteiger charge is -2.20. The van der Waals surface area contributed by atoms with Crippen LogP contribution in [0.4, 0.5) is 10.5 Å². The minimum atomic E-state index is -0.276. The van der Waals surface area contributed by atoms with Crippen LogP contribution in [-0.2, 0) is 0 Å². The molecule has 0 aliphatic carbocycles. The first-order valence-corrected chi connectivity index (χ1v) is 7.46. The molecular formula is C18H19N3O2. The number of nitrogens with one attached hydrogen (secondary N) is 2. The summed E-state index contributed by atoms with van der Waals surface area (Å²) in [6, 6.07) is 14.8. The van der Waals surface area contributed by atoms with Crippen molar-refractivity contribution in [1.82, 2.24) is 10.3 Å².